The van der Waals surface area contributed by atoms with Gasteiger partial charge in [-0.1, -0.05) is 31.2 Å². The van der Waals surface area contributed by atoms with Crippen LogP contribution >= 0.6 is 22.6 Å². The molecule has 0 aliphatic rings. The summed E-state index contributed by atoms with van der Waals surface area (Å²) in [6.07, 6.45) is 0.960. The molecule has 0 bridgehead atoms. The zero-order valence-electron chi connectivity index (χ0n) is 9.20. The van der Waals surface area contributed by atoms with Gasteiger partial charge in [-0.15, -0.1) is 0 Å². The summed E-state index contributed by atoms with van der Waals surface area (Å²) in [4.78, 5) is 18.1. The predicted molar refractivity (Wildman–Crippen MR) is 74.1 cm³/mol. The van der Waals surface area contributed by atoms with E-state index in [9.17, 15) is 9.90 Å². The average molecular weight is 342 g/mol. The van der Waals surface area contributed by atoms with Crippen molar-refractivity contribution in [2.45, 2.75) is 13.3 Å². The first-order valence-electron chi connectivity index (χ1n) is 5.20. The molecule has 0 atom stereocenters. The van der Waals surface area contributed by atoms with Crippen LogP contribution in [0, 0.1) is 3.57 Å². The van der Waals surface area contributed by atoms with Crippen molar-refractivity contribution < 1.29 is 5.11 Å². The third-order valence-corrected chi connectivity index (χ3v) is 3.45. The molecule has 0 aliphatic heterocycles. The molecular weight excluding hydrogens is 331 g/mol. The Balaban J connectivity index is 2.49. The molecule has 0 aliphatic carbocycles. The Morgan fingerprint density at radius 3 is 2.53 bits per heavy atom. The summed E-state index contributed by atoms with van der Waals surface area (Å²) in [7, 11) is 0. The zero-order valence-corrected chi connectivity index (χ0v) is 11.4. The monoisotopic (exact) mass is 342 g/mol. The maximum Gasteiger partial charge on any atom is 0.268 e. The van der Waals surface area contributed by atoms with Crippen LogP contribution in [-0.2, 0) is 6.42 Å². The highest BCUT2D eigenvalue weighted by Gasteiger charge is 2.08. The lowest BCUT2D eigenvalue weighted by Crippen LogP contribution is -2.12. The van der Waals surface area contributed by atoms with Gasteiger partial charge in [0.25, 0.3) is 5.56 Å². The molecule has 0 saturated carbocycles. The lowest BCUT2D eigenvalue weighted by atomic mass is 10.1. The van der Waals surface area contributed by atoms with Crippen molar-refractivity contribution in [1.29, 1.82) is 0 Å². The van der Waals surface area contributed by atoms with E-state index in [0.717, 1.165) is 12.0 Å². The molecule has 0 unspecified atom stereocenters. The van der Waals surface area contributed by atoms with Gasteiger partial charge in [0.05, 0.1) is 0 Å². The number of halogens is 1. The smallest absolute Gasteiger partial charge is 0.268 e. The first-order chi connectivity index (χ1) is 8.11. The normalized spacial score (nSPS) is 10.5. The summed E-state index contributed by atoms with van der Waals surface area (Å²) in [6, 6.07) is 7.71. The Bertz CT molecular complexity index is 590. The molecule has 5 heteroatoms. The Hall–Kier alpha value is -1.37. The lowest BCUT2D eigenvalue weighted by molar-refractivity contribution is 0.447. The molecule has 0 saturated heterocycles. The van der Waals surface area contributed by atoms with E-state index in [2.05, 4.69) is 16.9 Å². The van der Waals surface area contributed by atoms with Crippen LogP contribution in [0.5, 0.6) is 5.88 Å². The number of aromatic amines is 1. The van der Waals surface area contributed by atoms with Gasteiger partial charge in [0.1, 0.15) is 9.39 Å². The fraction of sp³-hybridized carbons (Fsp3) is 0.167. The van der Waals surface area contributed by atoms with Crippen molar-refractivity contribution in [1.82, 2.24) is 9.97 Å². The molecule has 17 heavy (non-hydrogen) atoms. The molecule has 2 aromatic rings. The van der Waals surface area contributed by atoms with E-state index < -0.39 is 0 Å². The zero-order chi connectivity index (χ0) is 12.4. The molecule has 4 nitrogen and oxygen atoms in total. The second-order valence-electron chi connectivity index (χ2n) is 3.60. The van der Waals surface area contributed by atoms with Crippen LogP contribution < -0.4 is 5.56 Å². The molecule has 0 amide bonds. The Kier molecular flexibility index (Phi) is 3.46. The van der Waals surface area contributed by atoms with E-state index in [4.69, 9.17) is 0 Å². The molecule has 0 fully saturated rings. The Labute approximate surface area is 112 Å². The van der Waals surface area contributed by atoms with Crippen LogP contribution in [-0.4, -0.2) is 15.1 Å². The third kappa shape index (κ3) is 2.49. The van der Waals surface area contributed by atoms with Gasteiger partial charge in [-0.3, -0.25) is 4.79 Å². The van der Waals surface area contributed by atoms with Gasteiger partial charge in [-0.25, -0.2) is 0 Å². The Morgan fingerprint density at radius 1 is 1.35 bits per heavy atom. The summed E-state index contributed by atoms with van der Waals surface area (Å²) < 4.78 is 0.205. The number of nitrogens with zero attached hydrogens (tertiary/aromatic N) is 1. The van der Waals surface area contributed by atoms with Crippen molar-refractivity contribution in [3.63, 3.8) is 0 Å². The van der Waals surface area contributed by atoms with Gasteiger partial charge in [0, 0.05) is 5.56 Å². The van der Waals surface area contributed by atoms with Crippen LogP contribution in [0.25, 0.3) is 11.4 Å². The maximum absolute atomic E-state index is 11.5. The molecule has 0 radical (unpaired) electrons. The number of benzene rings is 1. The summed E-state index contributed by atoms with van der Waals surface area (Å²) in [5.74, 6) is 0.152. The molecule has 1 aromatic carbocycles. The topological polar surface area (TPSA) is 66.0 Å². The lowest BCUT2D eigenvalue weighted by Gasteiger charge is -2.03. The van der Waals surface area contributed by atoms with Crippen LogP contribution in [0.3, 0.4) is 0 Å². The number of hydrogen-bond donors (Lipinski definition) is 2. The largest absolute Gasteiger partial charge is 0.492 e. The standard InChI is InChI=1S/C12H11IN2O2/c1-2-7-3-5-8(6-4-7)10-14-11(16)9(13)12(17)15-10/h3-6H,2H2,1H3,(H2,14,15,16,17). The number of aromatic hydroxyl groups is 1. The van der Waals surface area contributed by atoms with Crippen molar-refractivity contribution in [3.8, 4) is 17.3 Å². The van der Waals surface area contributed by atoms with E-state index in [1.165, 1.54) is 5.56 Å². The fourth-order valence-corrected chi connectivity index (χ4v) is 1.74. The molecule has 1 heterocycles. The molecular formula is C12H11IN2O2. The van der Waals surface area contributed by atoms with Crippen molar-refractivity contribution in [2.24, 2.45) is 0 Å². The minimum atomic E-state index is -0.326. The summed E-state index contributed by atoms with van der Waals surface area (Å²) >= 11 is 1.76. The quantitative estimate of drug-likeness (QED) is 0.824. The first kappa shape index (κ1) is 12.1. The minimum Gasteiger partial charge on any atom is -0.492 e. The van der Waals surface area contributed by atoms with E-state index in [0.29, 0.717) is 5.82 Å². The highest BCUT2D eigenvalue weighted by molar-refractivity contribution is 14.1. The van der Waals surface area contributed by atoms with E-state index >= 15 is 0 Å². The van der Waals surface area contributed by atoms with Crippen LogP contribution in [0.1, 0.15) is 12.5 Å². The van der Waals surface area contributed by atoms with Crippen LogP contribution in [0.2, 0.25) is 0 Å². The fourth-order valence-electron chi connectivity index (χ4n) is 1.48. The molecule has 1 aromatic heterocycles. The maximum atomic E-state index is 11.5. The first-order valence-corrected chi connectivity index (χ1v) is 6.27. The van der Waals surface area contributed by atoms with Gasteiger partial charge in [0.2, 0.25) is 5.88 Å². The van der Waals surface area contributed by atoms with Crippen LogP contribution in [0.15, 0.2) is 29.1 Å². The van der Waals surface area contributed by atoms with Gasteiger partial charge in [0.15, 0.2) is 0 Å². The SMILES string of the molecule is CCc1ccc(-c2nc(O)c(I)c(=O)[nH]2)cc1. The minimum absolute atomic E-state index is 0.205. The number of aromatic nitrogens is 2. The second-order valence-corrected chi connectivity index (χ2v) is 4.68. The number of hydrogen-bond acceptors (Lipinski definition) is 3. The predicted octanol–water partition coefficient (Wildman–Crippen LogP) is 2.31. The van der Waals surface area contributed by atoms with Gasteiger partial charge < -0.3 is 10.1 Å². The summed E-state index contributed by atoms with van der Waals surface area (Å²) in [5, 5.41) is 9.50. The number of aryl methyl sites for hydroxylation is 1. The van der Waals surface area contributed by atoms with Crippen LogP contribution in [0.4, 0.5) is 0 Å². The number of rotatable bonds is 2. The highest BCUT2D eigenvalue weighted by Crippen LogP contribution is 2.19. The Morgan fingerprint density at radius 2 is 2.00 bits per heavy atom. The molecule has 0 spiro atoms. The van der Waals surface area contributed by atoms with Crippen molar-refractivity contribution >= 4 is 22.6 Å². The van der Waals surface area contributed by atoms with Gasteiger partial charge >= 0.3 is 0 Å². The average Bonchev–Trinajstić information content (AvgIpc) is 2.35. The van der Waals surface area contributed by atoms with E-state index in [1.54, 1.807) is 22.6 Å². The molecule has 88 valence electrons. The second kappa shape index (κ2) is 4.87. The van der Waals surface area contributed by atoms with Crippen molar-refractivity contribution in [3.05, 3.63) is 43.8 Å². The highest BCUT2D eigenvalue weighted by atomic mass is 127. The summed E-state index contributed by atoms with van der Waals surface area (Å²) in [6.45, 7) is 2.08. The van der Waals surface area contributed by atoms with E-state index in [1.807, 2.05) is 24.3 Å². The van der Waals surface area contributed by atoms with Gasteiger partial charge in [-0.05, 0) is 34.6 Å². The van der Waals surface area contributed by atoms with Crippen molar-refractivity contribution in [2.75, 3.05) is 0 Å². The number of H-pyrrole nitrogens is 1. The number of nitrogens with one attached hydrogen (secondary N) is 1. The van der Waals surface area contributed by atoms with E-state index in [-0.39, 0.29) is 15.0 Å². The van der Waals surface area contributed by atoms with Gasteiger partial charge in [-0.2, -0.15) is 4.98 Å². The molecule has 2 rings (SSSR count). The summed E-state index contributed by atoms with van der Waals surface area (Å²) in [5.41, 5.74) is 1.67. The molecule has 2 N–H and O–H groups in total. The third-order valence-electron chi connectivity index (χ3n) is 2.48.